The summed E-state index contributed by atoms with van der Waals surface area (Å²) in [4.78, 5) is 0. The highest BCUT2D eigenvalue weighted by Crippen LogP contribution is 2.21. The highest BCUT2D eigenvalue weighted by Gasteiger charge is 2.02. The summed E-state index contributed by atoms with van der Waals surface area (Å²) in [6, 6.07) is 10.6. The lowest BCUT2D eigenvalue weighted by atomic mass is 10.2. The van der Waals surface area contributed by atoms with E-state index in [2.05, 4.69) is 5.32 Å². The fraction of sp³-hybridized carbons (Fsp3) is 0. The van der Waals surface area contributed by atoms with Gasteiger partial charge in [0.05, 0.1) is 0 Å². The average Bonchev–Trinajstić information content (AvgIpc) is 2.24. The van der Waals surface area contributed by atoms with Gasteiger partial charge in [-0.3, -0.25) is 0 Å². The standard InChI is InChI=1S/C12H8ClF2N/c13-8-2-1-3-9(6-8)16-10-4-5-11(14)12(15)7-10/h1-7,16H. The van der Waals surface area contributed by atoms with Crippen LogP contribution in [-0.2, 0) is 0 Å². The molecule has 4 heteroatoms. The highest BCUT2D eigenvalue weighted by molar-refractivity contribution is 6.30. The molecule has 0 aliphatic heterocycles. The second kappa shape index (κ2) is 4.49. The fourth-order valence-electron chi connectivity index (χ4n) is 1.31. The number of anilines is 2. The van der Waals surface area contributed by atoms with E-state index in [0.717, 1.165) is 17.8 Å². The maximum atomic E-state index is 12.9. The molecule has 0 aliphatic rings. The summed E-state index contributed by atoms with van der Waals surface area (Å²) in [7, 11) is 0. The van der Waals surface area contributed by atoms with Crippen LogP contribution >= 0.6 is 11.6 Å². The fourth-order valence-corrected chi connectivity index (χ4v) is 1.50. The predicted octanol–water partition coefficient (Wildman–Crippen LogP) is 4.36. The van der Waals surface area contributed by atoms with Gasteiger partial charge in [0.25, 0.3) is 0 Å². The van der Waals surface area contributed by atoms with Gasteiger partial charge < -0.3 is 5.32 Å². The Balaban J connectivity index is 2.24. The molecule has 0 aliphatic carbocycles. The first-order chi connectivity index (χ1) is 7.65. The zero-order chi connectivity index (χ0) is 11.5. The van der Waals surface area contributed by atoms with Crippen LogP contribution in [0.5, 0.6) is 0 Å². The molecular weight excluding hydrogens is 232 g/mol. The molecule has 1 N–H and O–H groups in total. The molecule has 0 saturated carbocycles. The van der Waals surface area contributed by atoms with Gasteiger partial charge in [-0.05, 0) is 30.3 Å². The normalized spacial score (nSPS) is 10.2. The van der Waals surface area contributed by atoms with Gasteiger partial charge in [0.1, 0.15) is 0 Å². The van der Waals surface area contributed by atoms with E-state index in [0.29, 0.717) is 10.7 Å². The number of benzene rings is 2. The summed E-state index contributed by atoms with van der Waals surface area (Å²) in [5, 5.41) is 3.50. The van der Waals surface area contributed by atoms with E-state index in [-0.39, 0.29) is 0 Å². The van der Waals surface area contributed by atoms with Gasteiger partial charge in [0, 0.05) is 22.5 Å². The van der Waals surface area contributed by atoms with Crippen LogP contribution in [0.25, 0.3) is 0 Å². The van der Waals surface area contributed by atoms with E-state index < -0.39 is 11.6 Å². The first-order valence-corrected chi connectivity index (χ1v) is 5.00. The van der Waals surface area contributed by atoms with Gasteiger partial charge in [-0.25, -0.2) is 8.78 Å². The first-order valence-electron chi connectivity index (χ1n) is 4.63. The molecule has 0 fully saturated rings. The van der Waals surface area contributed by atoms with Gasteiger partial charge in [-0.2, -0.15) is 0 Å². The maximum absolute atomic E-state index is 12.9. The van der Waals surface area contributed by atoms with Gasteiger partial charge in [-0.15, -0.1) is 0 Å². The van der Waals surface area contributed by atoms with Gasteiger partial charge in [-0.1, -0.05) is 17.7 Å². The zero-order valence-corrected chi connectivity index (χ0v) is 8.93. The molecule has 0 amide bonds. The van der Waals surface area contributed by atoms with Crippen molar-refractivity contribution in [1.82, 2.24) is 0 Å². The second-order valence-electron chi connectivity index (χ2n) is 3.26. The summed E-state index contributed by atoms with van der Waals surface area (Å²) in [5.74, 6) is -1.75. The molecule has 1 nitrogen and oxygen atoms in total. The monoisotopic (exact) mass is 239 g/mol. The smallest absolute Gasteiger partial charge is 0.160 e. The number of rotatable bonds is 2. The van der Waals surface area contributed by atoms with Crippen LogP contribution in [0.4, 0.5) is 20.2 Å². The van der Waals surface area contributed by atoms with Crippen molar-refractivity contribution in [3.63, 3.8) is 0 Å². The Labute approximate surface area is 96.7 Å². The quantitative estimate of drug-likeness (QED) is 0.821. The van der Waals surface area contributed by atoms with Crippen molar-refractivity contribution in [3.05, 3.63) is 59.1 Å². The Kier molecular flexibility index (Phi) is 3.06. The molecule has 0 aromatic heterocycles. The Morgan fingerprint density at radius 1 is 0.875 bits per heavy atom. The van der Waals surface area contributed by atoms with E-state index in [9.17, 15) is 8.78 Å². The minimum Gasteiger partial charge on any atom is -0.355 e. The third-order valence-corrected chi connectivity index (χ3v) is 2.27. The van der Waals surface area contributed by atoms with Crippen molar-refractivity contribution in [3.8, 4) is 0 Å². The first kappa shape index (κ1) is 10.9. The molecule has 0 unspecified atom stereocenters. The molecule has 0 radical (unpaired) electrons. The van der Waals surface area contributed by atoms with Gasteiger partial charge in [0.2, 0.25) is 0 Å². The molecule has 2 aromatic rings. The van der Waals surface area contributed by atoms with Gasteiger partial charge >= 0.3 is 0 Å². The summed E-state index contributed by atoms with van der Waals surface area (Å²) >= 11 is 5.79. The molecular formula is C12H8ClF2N. The van der Waals surface area contributed by atoms with Crippen LogP contribution in [0.15, 0.2) is 42.5 Å². The Bertz CT molecular complexity index is 514. The minimum absolute atomic E-state index is 0.473. The SMILES string of the molecule is Fc1ccc(Nc2cccc(Cl)c2)cc1F. The Hall–Kier alpha value is -1.61. The van der Waals surface area contributed by atoms with Crippen molar-refractivity contribution < 1.29 is 8.78 Å². The number of hydrogen-bond acceptors (Lipinski definition) is 1. The highest BCUT2D eigenvalue weighted by atomic mass is 35.5. The second-order valence-corrected chi connectivity index (χ2v) is 3.70. The molecule has 2 aromatic carbocycles. The van der Waals surface area contributed by atoms with E-state index in [1.54, 1.807) is 24.3 Å². The third kappa shape index (κ3) is 2.49. The number of hydrogen-bond donors (Lipinski definition) is 1. The van der Waals surface area contributed by atoms with Crippen molar-refractivity contribution in [2.45, 2.75) is 0 Å². The lowest BCUT2D eigenvalue weighted by Crippen LogP contribution is -1.92. The van der Waals surface area contributed by atoms with Crippen molar-refractivity contribution in [2.75, 3.05) is 5.32 Å². The average molecular weight is 240 g/mol. The van der Waals surface area contributed by atoms with Crippen LogP contribution < -0.4 is 5.32 Å². The summed E-state index contributed by atoms with van der Waals surface area (Å²) in [6.45, 7) is 0. The lowest BCUT2D eigenvalue weighted by Gasteiger charge is -2.06. The summed E-state index contributed by atoms with van der Waals surface area (Å²) < 4.78 is 25.6. The zero-order valence-electron chi connectivity index (χ0n) is 8.18. The van der Waals surface area contributed by atoms with Crippen molar-refractivity contribution in [2.24, 2.45) is 0 Å². The van der Waals surface area contributed by atoms with Crippen LogP contribution in [0.1, 0.15) is 0 Å². The molecule has 82 valence electrons. The van der Waals surface area contributed by atoms with Crippen molar-refractivity contribution in [1.29, 1.82) is 0 Å². The van der Waals surface area contributed by atoms with Crippen LogP contribution in [0.2, 0.25) is 5.02 Å². The molecule has 0 spiro atoms. The van der Waals surface area contributed by atoms with E-state index >= 15 is 0 Å². The number of nitrogens with one attached hydrogen (secondary N) is 1. The van der Waals surface area contributed by atoms with E-state index in [1.807, 2.05) is 0 Å². The minimum atomic E-state index is -0.882. The third-order valence-electron chi connectivity index (χ3n) is 2.03. The van der Waals surface area contributed by atoms with Crippen LogP contribution in [0, 0.1) is 11.6 Å². The maximum Gasteiger partial charge on any atom is 0.160 e. The van der Waals surface area contributed by atoms with Gasteiger partial charge in [0.15, 0.2) is 11.6 Å². The molecule has 0 heterocycles. The summed E-state index contributed by atoms with van der Waals surface area (Å²) in [5.41, 5.74) is 1.19. The molecule has 0 bridgehead atoms. The lowest BCUT2D eigenvalue weighted by molar-refractivity contribution is 0.509. The van der Waals surface area contributed by atoms with Crippen LogP contribution in [-0.4, -0.2) is 0 Å². The predicted molar refractivity (Wildman–Crippen MR) is 61.1 cm³/mol. The topological polar surface area (TPSA) is 12.0 Å². The Morgan fingerprint density at radius 2 is 1.62 bits per heavy atom. The van der Waals surface area contributed by atoms with E-state index in [1.165, 1.54) is 6.07 Å². The molecule has 0 saturated heterocycles. The molecule has 2 rings (SSSR count). The largest absolute Gasteiger partial charge is 0.355 e. The molecule has 0 atom stereocenters. The Morgan fingerprint density at radius 3 is 2.31 bits per heavy atom. The number of halogens is 3. The molecule has 16 heavy (non-hydrogen) atoms. The van der Waals surface area contributed by atoms with Crippen LogP contribution in [0.3, 0.4) is 0 Å². The summed E-state index contributed by atoms with van der Waals surface area (Å²) in [6.07, 6.45) is 0. The van der Waals surface area contributed by atoms with Crippen molar-refractivity contribution >= 4 is 23.0 Å². The van der Waals surface area contributed by atoms with E-state index in [4.69, 9.17) is 11.6 Å².